The van der Waals surface area contributed by atoms with Crippen LogP contribution in [-0.2, 0) is 6.42 Å². The second-order valence-corrected chi connectivity index (χ2v) is 4.69. The minimum atomic E-state index is 0.977. The largest absolute Gasteiger partial charge is 0.256 e. The summed E-state index contributed by atoms with van der Waals surface area (Å²) in [6.07, 6.45) is 2.81. The number of aryl methyl sites for hydroxylation is 1. The van der Waals surface area contributed by atoms with E-state index in [1.54, 1.807) is 0 Å². The zero-order valence-electron chi connectivity index (χ0n) is 10.4. The minimum Gasteiger partial charge on any atom is -0.256 e. The summed E-state index contributed by atoms with van der Waals surface area (Å²) in [6, 6.07) is 19.3. The second-order valence-electron chi connectivity index (χ2n) is 4.69. The van der Waals surface area contributed by atoms with Gasteiger partial charge in [-0.3, -0.25) is 4.98 Å². The van der Waals surface area contributed by atoms with E-state index in [0.717, 1.165) is 11.9 Å². The van der Waals surface area contributed by atoms with Gasteiger partial charge in [-0.25, -0.2) is 0 Å². The molecule has 0 amide bonds. The topological polar surface area (TPSA) is 12.9 Å². The Labute approximate surface area is 107 Å². The summed E-state index contributed by atoms with van der Waals surface area (Å²) in [5.41, 5.74) is 5.05. The molecule has 0 saturated carbocycles. The standard InChI is InChI=1S/C17H15N/c1-13-4-6-14(7-5-13)11-15-8-9-17-16(12-15)3-2-10-18-17/h2-10,12H,11H2,1H3. The quantitative estimate of drug-likeness (QED) is 0.648. The summed E-state index contributed by atoms with van der Waals surface area (Å²) in [7, 11) is 0. The first kappa shape index (κ1) is 11.0. The van der Waals surface area contributed by atoms with Crippen molar-refractivity contribution < 1.29 is 0 Å². The van der Waals surface area contributed by atoms with E-state index in [1.165, 1.54) is 22.1 Å². The van der Waals surface area contributed by atoms with E-state index in [-0.39, 0.29) is 0 Å². The average Bonchev–Trinajstić information content (AvgIpc) is 2.41. The van der Waals surface area contributed by atoms with E-state index in [2.05, 4.69) is 60.4 Å². The van der Waals surface area contributed by atoms with Crippen molar-refractivity contribution in [3.8, 4) is 0 Å². The Kier molecular flexibility index (Phi) is 2.81. The SMILES string of the molecule is Cc1ccc(Cc2ccc3ncccc3c2)cc1. The Balaban J connectivity index is 1.92. The van der Waals surface area contributed by atoms with E-state index < -0.39 is 0 Å². The van der Waals surface area contributed by atoms with Crippen LogP contribution in [0.15, 0.2) is 60.8 Å². The molecule has 1 aromatic heterocycles. The highest BCUT2D eigenvalue weighted by atomic mass is 14.6. The molecule has 0 aliphatic carbocycles. The second kappa shape index (κ2) is 4.61. The van der Waals surface area contributed by atoms with Crippen LogP contribution < -0.4 is 0 Å². The van der Waals surface area contributed by atoms with E-state index >= 15 is 0 Å². The Bertz CT molecular complexity index is 669. The summed E-state index contributed by atoms with van der Waals surface area (Å²) in [6.45, 7) is 2.12. The minimum absolute atomic E-state index is 0.977. The normalized spacial score (nSPS) is 10.7. The van der Waals surface area contributed by atoms with Crippen molar-refractivity contribution in [3.05, 3.63) is 77.5 Å². The molecule has 0 radical (unpaired) electrons. The lowest BCUT2D eigenvalue weighted by atomic mass is 10.0. The van der Waals surface area contributed by atoms with Crippen molar-refractivity contribution in [3.63, 3.8) is 0 Å². The molecule has 88 valence electrons. The number of pyridine rings is 1. The van der Waals surface area contributed by atoms with Crippen molar-refractivity contribution in [2.75, 3.05) is 0 Å². The van der Waals surface area contributed by atoms with Crippen LogP contribution in [0.3, 0.4) is 0 Å². The van der Waals surface area contributed by atoms with Crippen molar-refractivity contribution in [2.45, 2.75) is 13.3 Å². The molecule has 0 unspecified atom stereocenters. The maximum Gasteiger partial charge on any atom is 0.0702 e. The number of benzene rings is 2. The van der Waals surface area contributed by atoms with Crippen molar-refractivity contribution in [1.82, 2.24) is 4.98 Å². The highest BCUT2D eigenvalue weighted by Gasteiger charge is 1.99. The van der Waals surface area contributed by atoms with Gasteiger partial charge in [0.1, 0.15) is 0 Å². The molecular formula is C17H15N. The molecule has 0 aliphatic heterocycles. The molecule has 1 heteroatoms. The first-order valence-corrected chi connectivity index (χ1v) is 6.20. The maximum atomic E-state index is 4.34. The van der Waals surface area contributed by atoms with Crippen LogP contribution in [0, 0.1) is 6.92 Å². The molecule has 3 rings (SSSR count). The van der Waals surface area contributed by atoms with Crippen molar-refractivity contribution in [1.29, 1.82) is 0 Å². The highest BCUT2D eigenvalue weighted by Crippen LogP contribution is 2.16. The van der Waals surface area contributed by atoms with Gasteiger partial charge in [0, 0.05) is 11.6 Å². The molecule has 0 N–H and O–H groups in total. The third kappa shape index (κ3) is 2.25. The molecule has 0 fully saturated rings. The Morgan fingerprint density at radius 2 is 1.67 bits per heavy atom. The fraction of sp³-hybridized carbons (Fsp3) is 0.118. The summed E-state index contributed by atoms with van der Waals surface area (Å²) in [4.78, 5) is 4.34. The first-order chi connectivity index (χ1) is 8.81. The number of hydrogen-bond acceptors (Lipinski definition) is 1. The van der Waals surface area contributed by atoms with Crippen LogP contribution in [-0.4, -0.2) is 4.98 Å². The summed E-state index contributed by atoms with van der Waals surface area (Å²) in [5.74, 6) is 0. The molecule has 0 bridgehead atoms. The fourth-order valence-corrected chi connectivity index (χ4v) is 2.18. The summed E-state index contributed by atoms with van der Waals surface area (Å²) >= 11 is 0. The smallest absolute Gasteiger partial charge is 0.0702 e. The van der Waals surface area contributed by atoms with Gasteiger partial charge in [-0.05, 0) is 42.7 Å². The summed E-state index contributed by atoms with van der Waals surface area (Å²) < 4.78 is 0. The fourth-order valence-electron chi connectivity index (χ4n) is 2.18. The third-order valence-electron chi connectivity index (χ3n) is 3.20. The molecule has 0 spiro atoms. The lowest BCUT2D eigenvalue weighted by Gasteiger charge is -2.04. The van der Waals surface area contributed by atoms with Crippen LogP contribution >= 0.6 is 0 Å². The van der Waals surface area contributed by atoms with Gasteiger partial charge in [0.25, 0.3) is 0 Å². The molecule has 18 heavy (non-hydrogen) atoms. The average molecular weight is 233 g/mol. The van der Waals surface area contributed by atoms with E-state index in [0.29, 0.717) is 0 Å². The van der Waals surface area contributed by atoms with Gasteiger partial charge in [-0.2, -0.15) is 0 Å². The predicted molar refractivity (Wildman–Crippen MR) is 75.7 cm³/mol. The van der Waals surface area contributed by atoms with Gasteiger partial charge >= 0.3 is 0 Å². The molecule has 0 saturated heterocycles. The lowest BCUT2D eigenvalue weighted by Crippen LogP contribution is -1.89. The van der Waals surface area contributed by atoms with Crippen LogP contribution in [0.1, 0.15) is 16.7 Å². The zero-order valence-corrected chi connectivity index (χ0v) is 10.4. The lowest BCUT2D eigenvalue weighted by molar-refractivity contribution is 1.19. The van der Waals surface area contributed by atoms with Crippen LogP contribution in [0.4, 0.5) is 0 Å². The van der Waals surface area contributed by atoms with Gasteiger partial charge in [0.15, 0.2) is 0 Å². The predicted octanol–water partition coefficient (Wildman–Crippen LogP) is 4.13. The van der Waals surface area contributed by atoms with E-state index in [1.807, 2.05) is 12.3 Å². The van der Waals surface area contributed by atoms with Gasteiger partial charge in [-0.1, -0.05) is 42.0 Å². The van der Waals surface area contributed by atoms with Crippen LogP contribution in [0.5, 0.6) is 0 Å². The Hall–Kier alpha value is -2.15. The van der Waals surface area contributed by atoms with Gasteiger partial charge in [0.2, 0.25) is 0 Å². The number of aromatic nitrogens is 1. The highest BCUT2D eigenvalue weighted by molar-refractivity contribution is 5.79. The van der Waals surface area contributed by atoms with Gasteiger partial charge in [-0.15, -0.1) is 0 Å². The number of fused-ring (bicyclic) bond motifs is 1. The molecular weight excluding hydrogens is 218 g/mol. The van der Waals surface area contributed by atoms with Crippen LogP contribution in [0.25, 0.3) is 10.9 Å². The molecule has 1 heterocycles. The van der Waals surface area contributed by atoms with E-state index in [4.69, 9.17) is 0 Å². The van der Waals surface area contributed by atoms with Gasteiger partial charge in [0.05, 0.1) is 5.52 Å². The monoisotopic (exact) mass is 233 g/mol. The summed E-state index contributed by atoms with van der Waals surface area (Å²) in [5, 5.41) is 1.21. The van der Waals surface area contributed by atoms with Crippen molar-refractivity contribution >= 4 is 10.9 Å². The first-order valence-electron chi connectivity index (χ1n) is 6.20. The number of rotatable bonds is 2. The molecule has 3 aromatic rings. The number of hydrogen-bond donors (Lipinski definition) is 0. The van der Waals surface area contributed by atoms with Crippen LogP contribution in [0.2, 0.25) is 0 Å². The third-order valence-corrected chi connectivity index (χ3v) is 3.20. The molecule has 0 aliphatic rings. The maximum absolute atomic E-state index is 4.34. The van der Waals surface area contributed by atoms with Gasteiger partial charge < -0.3 is 0 Å². The zero-order chi connectivity index (χ0) is 12.4. The Morgan fingerprint density at radius 3 is 2.50 bits per heavy atom. The Morgan fingerprint density at radius 1 is 0.889 bits per heavy atom. The number of nitrogens with zero attached hydrogens (tertiary/aromatic N) is 1. The molecule has 1 nitrogen and oxygen atoms in total. The van der Waals surface area contributed by atoms with Crippen molar-refractivity contribution in [2.24, 2.45) is 0 Å². The molecule has 0 atom stereocenters. The van der Waals surface area contributed by atoms with E-state index in [9.17, 15) is 0 Å². The molecule has 2 aromatic carbocycles.